The summed E-state index contributed by atoms with van der Waals surface area (Å²) in [7, 11) is 0. The number of ether oxygens (including phenoxy) is 1. The third kappa shape index (κ3) is 2.46. The SMILES string of the molecule is CCOC(=O)Cn1c(CCl)nc2ccc(F)cc21. The summed E-state index contributed by atoms with van der Waals surface area (Å²) in [4.78, 5) is 15.7. The first-order chi connectivity index (χ1) is 8.65. The molecule has 0 N–H and O–H groups in total. The quantitative estimate of drug-likeness (QED) is 0.633. The van der Waals surface area contributed by atoms with Gasteiger partial charge in [-0.15, -0.1) is 11.6 Å². The molecule has 0 bridgehead atoms. The number of fused-ring (bicyclic) bond motifs is 1. The number of hydrogen-bond donors (Lipinski definition) is 0. The summed E-state index contributed by atoms with van der Waals surface area (Å²) >= 11 is 5.77. The fraction of sp³-hybridized carbons (Fsp3) is 0.333. The van der Waals surface area contributed by atoms with Gasteiger partial charge < -0.3 is 9.30 Å². The number of benzene rings is 1. The van der Waals surface area contributed by atoms with Gasteiger partial charge in [-0.2, -0.15) is 0 Å². The highest BCUT2D eigenvalue weighted by Crippen LogP contribution is 2.19. The van der Waals surface area contributed by atoms with Crippen LogP contribution in [0.3, 0.4) is 0 Å². The minimum absolute atomic E-state index is 0.0180. The molecule has 1 aromatic heterocycles. The van der Waals surface area contributed by atoms with Crippen molar-refractivity contribution >= 4 is 28.6 Å². The van der Waals surface area contributed by atoms with E-state index in [-0.39, 0.29) is 18.2 Å². The highest BCUT2D eigenvalue weighted by atomic mass is 35.5. The molecule has 6 heteroatoms. The average molecular weight is 271 g/mol. The monoisotopic (exact) mass is 270 g/mol. The smallest absolute Gasteiger partial charge is 0.326 e. The lowest BCUT2D eigenvalue weighted by molar-refractivity contribution is -0.143. The molecular formula is C12H12ClFN2O2. The lowest BCUT2D eigenvalue weighted by Crippen LogP contribution is -2.15. The van der Waals surface area contributed by atoms with Crippen LogP contribution >= 0.6 is 11.6 Å². The van der Waals surface area contributed by atoms with E-state index in [0.717, 1.165) is 0 Å². The number of hydrogen-bond acceptors (Lipinski definition) is 3. The first-order valence-electron chi connectivity index (χ1n) is 5.52. The molecule has 0 saturated heterocycles. The Morgan fingerprint density at radius 2 is 2.33 bits per heavy atom. The summed E-state index contributed by atoms with van der Waals surface area (Å²) < 4.78 is 19.7. The van der Waals surface area contributed by atoms with Crippen molar-refractivity contribution in [1.29, 1.82) is 0 Å². The maximum atomic E-state index is 13.2. The van der Waals surface area contributed by atoms with Gasteiger partial charge in [-0.3, -0.25) is 4.79 Å². The van der Waals surface area contributed by atoms with Crippen molar-refractivity contribution in [3.05, 3.63) is 29.8 Å². The lowest BCUT2D eigenvalue weighted by Gasteiger charge is -2.06. The van der Waals surface area contributed by atoms with E-state index in [2.05, 4.69) is 4.98 Å². The Balaban J connectivity index is 2.45. The van der Waals surface area contributed by atoms with Crippen molar-refractivity contribution in [2.45, 2.75) is 19.3 Å². The van der Waals surface area contributed by atoms with Crippen LogP contribution in [0.1, 0.15) is 12.7 Å². The fourth-order valence-electron chi connectivity index (χ4n) is 1.76. The van der Waals surface area contributed by atoms with Crippen molar-refractivity contribution in [2.75, 3.05) is 6.61 Å². The van der Waals surface area contributed by atoms with Crippen LogP contribution in [0.2, 0.25) is 0 Å². The van der Waals surface area contributed by atoms with Gasteiger partial charge in [0.2, 0.25) is 0 Å². The topological polar surface area (TPSA) is 44.1 Å². The van der Waals surface area contributed by atoms with Crippen LogP contribution in [0.4, 0.5) is 4.39 Å². The molecule has 0 radical (unpaired) electrons. The Morgan fingerprint density at radius 1 is 1.56 bits per heavy atom. The van der Waals surface area contributed by atoms with Gasteiger partial charge in [-0.05, 0) is 25.1 Å². The normalized spacial score (nSPS) is 10.8. The Hall–Kier alpha value is -1.62. The Bertz CT molecular complexity index is 583. The predicted octanol–water partition coefficient (Wildman–Crippen LogP) is 2.48. The third-order valence-corrected chi connectivity index (χ3v) is 2.74. The summed E-state index contributed by atoms with van der Waals surface area (Å²) in [6, 6.07) is 4.21. The molecule has 0 spiro atoms. The molecule has 0 aliphatic rings. The second-order valence-electron chi connectivity index (χ2n) is 3.69. The zero-order valence-electron chi connectivity index (χ0n) is 9.82. The Kier molecular flexibility index (Phi) is 3.81. The van der Waals surface area contributed by atoms with E-state index >= 15 is 0 Å². The van der Waals surface area contributed by atoms with Gasteiger partial charge in [0.15, 0.2) is 0 Å². The molecule has 96 valence electrons. The van der Waals surface area contributed by atoms with Gasteiger partial charge >= 0.3 is 5.97 Å². The molecule has 1 aromatic carbocycles. The van der Waals surface area contributed by atoms with Gasteiger partial charge in [0.25, 0.3) is 0 Å². The molecular weight excluding hydrogens is 259 g/mol. The maximum Gasteiger partial charge on any atom is 0.326 e. The van der Waals surface area contributed by atoms with Crippen LogP contribution in [0.25, 0.3) is 11.0 Å². The molecule has 0 aliphatic heterocycles. The van der Waals surface area contributed by atoms with Gasteiger partial charge in [-0.25, -0.2) is 9.37 Å². The van der Waals surface area contributed by atoms with Crippen LogP contribution in [0.15, 0.2) is 18.2 Å². The van der Waals surface area contributed by atoms with Crippen molar-refractivity contribution in [3.63, 3.8) is 0 Å². The van der Waals surface area contributed by atoms with E-state index in [1.165, 1.54) is 12.1 Å². The summed E-state index contributed by atoms with van der Waals surface area (Å²) in [6.07, 6.45) is 0. The summed E-state index contributed by atoms with van der Waals surface area (Å²) in [5.74, 6) is -0.109. The largest absolute Gasteiger partial charge is 0.465 e. The third-order valence-electron chi connectivity index (χ3n) is 2.50. The first kappa shape index (κ1) is 12.8. The molecule has 4 nitrogen and oxygen atoms in total. The zero-order chi connectivity index (χ0) is 13.1. The highest BCUT2D eigenvalue weighted by molar-refractivity contribution is 6.16. The molecule has 0 aliphatic carbocycles. The molecule has 18 heavy (non-hydrogen) atoms. The maximum absolute atomic E-state index is 13.2. The van der Waals surface area contributed by atoms with Gasteiger partial charge in [0, 0.05) is 0 Å². The molecule has 0 amide bonds. The molecule has 0 unspecified atom stereocenters. The molecule has 2 rings (SSSR count). The van der Waals surface area contributed by atoms with Gasteiger partial charge in [0.05, 0.1) is 23.5 Å². The van der Waals surface area contributed by atoms with Crippen molar-refractivity contribution in [3.8, 4) is 0 Å². The molecule has 2 aromatic rings. The van der Waals surface area contributed by atoms with Crippen molar-refractivity contribution in [2.24, 2.45) is 0 Å². The summed E-state index contributed by atoms with van der Waals surface area (Å²) in [5.41, 5.74) is 1.15. The van der Waals surface area contributed by atoms with E-state index in [0.29, 0.717) is 23.5 Å². The van der Waals surface area contributed by atoms with E-state index in [1.54, 1.807) is 17.6 Å². The number of alkyl halides is 1. The fourth-order valence-corrected chi connectivity index (χ4v) is 1.96. The minimum atomic E-state index is -0.396. The van der Waals surface area contributed by atoms with Crippen LogP contribution in [0.5, 0.6) is 0 Å². The van der Waals surface area contributed by atoms with E-state index in [1.807, 2.05) is 0 Å². The van der Waals surface area contributed by atoms with E-state index in [4.69, 9.17) is 16.3 Å². The molecule has 0 atom stereocenters. The number of carbonyl (C=O) groups excluding carboxylic acids is 1. The number of nitrogens with zero attached hydrogens (tertiary/aromatic N) is 2. The number of aromatic nitrogens is 2. The zero-order valence-corrected chi connectivity index (χ0v) is 10.6. The number of imidazole rings is 1. The number of carbonyl (C=O) groups is 1. The lowest BCUT2D eigenvalue weighted by atomic mass is 10.3. The molecule has 1 heterocycles. The second kappa shape index (κ2) is 5.35. The minimum Gasteiger partial charge on any atom is -0.465 e. The van der Waals surface area contributed by atoms with Crippen LogP contribution in [-0.4, -0.2) is 22.1 Å². The van der Waals surface area contributed by atoms with E-state index in [9.17, 15) is 9.18 Å². The van der Waals surface area contributed by atoms with Crippen molar-refractivity contribution < 1.29 is 13.9 Å². The van der Waals surface area contributed by atoms with Crippen LogP contribution in [0, 0.1) is 5.82 Å². The molecule has 0 fully saturated rings. The van der Waals surface area contributed by atoms with Gasteiger partial charge in [0.1, 0.15) is 18.2 Å². The molecule has 0 saturated carbocycles. The number of rotatable bonds is 4. The van der Waals surface area contributed by atoms with Crippen LogP contribution < -0.4 is 0 Å². The first-order valence-corrected chi connectivity index (χ1v) is 6.05. The average Bonchev–Trinajstić information content (AvgIpc) is 2.67. The van der Waals surface area contributed by atoms with Crippen LogP contribution in [-0.2, 0) is 22.0 Å². The van der Waals surface area contributed by atoms with E-state index < -0.39 is 5.97 Å². The number of esters is 1. The Labute approximate surface area is 108 Å². The predicted molar refractivity (Wildman–Crippen MR) is 65.9 cm³/mol. The summed E-state index contributed by atoms with van der Waals surface area (Å²) in [6.45, 7) is 2.01. The van der Waals surface area contributed by atoms with Gasteiger partial charge in [-0.1, -0.05) is 0 Å². The summed E-state index contributed by atoms with van der Waals surface area (Å²) in [5, 5.41) is 0. The van der Waals surface area contributed by atoms with Crippen molar-refractivity contribution in [1.82, 2.24) is 9.55 Å². The highest BCUT2D eigenvalue weighted by Gasteiger charge is 2.14. The number of halogens is 2. The Morgan fingerprint density at radius 3 is 3.00 bits per heavy atom. The second-order valence-corrected chi connectivity index (χ2v) is 3.95. The standard InChI is InChI=1S/C12H12ClFN2O2/c1-2-18-12(17)7-16-10-5-8(14)3-4-9(10)15-11(16)6-13/h3-5H,2,6-7H2,1H3.